The number of ether oxygens (including phenoxy) is 2. The van der Waals surface area contributed by atoms with Gasteiger partial charge in [0, 0.05) is 17.7 Å². The molecular weight excluding hydrogens is 502 g/mol. The Kier molecular flexibility index (Phi) is 6.93. The third-order valence-corrected chi connectivity index (χ3v) is 8.22. The van der Waals surface area contributed by atoms with E-state index in [0.29, 0.717) is 47.1 Å². The summed E-state index contributed by atoms with van der Waals surface area (Å²) in [6.45, 7) is 0.528. The van der Waals surface area contributed by atoms with Gasteiger partial charge in [-0.25, -0.2) is 8.42 Å². The molecule has 0 spiro atoms. The maximum Gasteiger partial charge on any atom is 0.264 e. The monoisotopic (exact) mass is 529 g/mol. The first-order valence-corrected chi connectivity index (χ1v) is 13.5. The number of hydrogen-bond donors (Lipinski definition) is 2. The van der Waals surface area contributed by atoms with Gasteiger partial charge in [-0.2, -0.15) is 0 Å². The average Bonchev–Trinajstić information content (AvgIpc) is 3.39. The number of nitrogens with one attached hydrogen (secondary N) is 1. The number of fused-ring (bicyclic) bond motifs is 1. The van der Waals surface area contributed by atoms with Crippen LogP contribution in [0.25, 0.3) is 0 Å². The molecule has 3 N–H and O–H groups in total. The summed E-state index contributed by atoms with van der Waals surface area (Å²) >= 11 is 0. The summed E-state index contributed by atoms with van der Waals surface area (Å²) in [6.07, 6.45) is 0.619. The lowest BCUT2D eigenvalue weighted by Crippen LogP contribution is -2.30. The average molecular weight is 530 g/mol. The van der Waals surface area contributed by atoms with E-state index in [4.69, 9.17) is 15.2 Å². The van der Waals surface area contributed by atoms with Crippen molar-refractivity contribution in [2.45, 2.75) is 17.9 Å². The third-order valence-electron chi connectivity index (χ3n) is 6.40. The number of sulfonamides is 1. The SMILES string of the molecule is COc1ccc(S(=O)(=O)N2CCc3cccc(COc4ccc(C(=O)Nc5ccccc5N)cc4)c32)cc1. The number of hydrogen-bond acceptors (Lipinski definition) is 6. The number of carbonyl (C=O) groups excluding carboxylic acids is 1. The van der Waals surface area contributed by atoms with E-state index < -0.39 is 10.0 Å². The molecule has 0 fully saturated rings. The predicted molar refractivity (Wildman–Crippen MR) is 147 cm³/mol. The molecule has 4 aromatic carbocycles. The molecule has 9 heteroatoms. The molecule has 5 rings (SSSR count). The van der Waals surface area contributed by atoms with E-state index in [1.807, 2.05) is 18.2 Å². The number of rotatable bonds is 8. The van der Waals surface area contributed by atoms with Gasteiger partial charge in [0.2, 0.25) is 0 Å². The minimum Gasteiger partial charge on any atom is -0.497 e. The number of para-hydroxylation sites is 3. The maximum absolute atomic E-state index is 13.5. The number of nitrogen functional groups attached to an aromatic ring is 1. The first kappa shape index (κ1) is 25.2. The normalized spacial score (nSPS) is 12.6. The van der Waals surface area contributed by atoms with Gasteiger partial charge in [0.05, 0.1) is 29.1 Å². The molecule has 1 aliphatic rings. The van der Waals surface area contributed by atoms with E-state index in [-0.39, 0.29) is 17.4 Å². The van der Waals surface area contributed by atoms with Gasteiger partial charge in [0.1, 0.15) is 18.1 Å². The number of carbonyl (C=O) groups is 1. The molecule has 1 amide bonds. The fourth-order valence-electron chi connectivity index (χ4n) is 4.40. The highest BCUT2D eigenvalue weighted by atomic mass is 32.2. The molecule has 0 aromatic heterocycles. The van der Waals surface area contributed by atoms with Crippen LogP contribution in [0.4, 0.5) is 17.1 Å². The maximum atomic E-state index is 13.5. The molecule has 194 valence electrons. The Bertz CT molecular complexity index is 1570. The highest BCUT2D eigenvalue weighted by Crippen LogP contribution is 2.37. The van der Waals surface area contributed by atoms with Gasteiger partial charge in [0.15, 0.2) is 0 Å². The molecule has 0 saturated carbocycles. The predicted octanol–water partition coefficient (Wildman–Crippen LogP) is 4.86. The third kappa shape index (κ3) is 5.01. The Morgan fingerprint density at radius 2 is 1.63 bits per heavy atom. The van der Waals surface area contributed by atoms with Crippen LogP contribution in [0.1, 0.15) is 21.5 Å². The van der Waals surface area contributed by atoms with Gasteiger partial charge in [-0.3, -0.25) is 9.10 Å². The van der Waals surface area contributed by atoms with Crippen LogP contribution in [0.3, 0.4) is 0 Å². The molecule has 0 saturated heterocycles. The van der Waals surface area contributed by atoms with Crippen LogP contribution in [0.2, 0.25) is 0 Å². The van der Waals surface area contributed by atoms with Gasteiger partial charge in [-0.15, -0.1) is 0 Å². The summed E-state index contributed by atoms with van der Waals surface area (Å²) in [7, 11) is -2.22. The molecule has 8 nitrogen and oxygen atoms in total. The molecular formula is C29H27N3O5S. The van der Waals surface area contributed by atoms with E-state index in [2.05, 4.69) is 5.32 Å². The Balaban J connectivity index is 1.31. The number of benzene rings is 4. The Labute approximate surface area is 221 Å². The standard InChI is InChI=1S/C29H27N3O5S/c1-36-23-13-15-25(16-14-23)38(34,35)32-18-17-20-5-4-6-22(28(20)32)19-37-24-11-9-21(10-12-24)29(33)31-27-8-3-2-7-26(27)30/h2-16H,17-19,30H2,1H3,(H,31,33). The van der Waals surface area contributed by atoms with Crippen LogP contribution in [0.15, 0.2) is 95.9 Å². The van der Waals surface area contributed by atoms with Crippen molar-refractivity contribution in [2.24, 2.45) is 0 Å². The van der Waals surface area contributed by atoms with E-state index in [9.17, 15) is 13.2 Å². The van der Waals surface area contributed by atoms with Gasteiger partial charge in [-0.05, 0) is 72.6 Å². The second-order valence-electron chi connectivity index (χ2n) is 8.78. The number of nitrogens with zero attached hydrogens (tertiary/aromatic N) is 1. The number of nitrogens with two attached hydrogens (primary N) is 1. The van der Waals surface area contributed by atoms with Crippen molar-refractivity contribution < 1.29 is 22.7 Å². The van der Waals surface area contributed by atoms with Crippen LogP contribution in [0.5, 0.6) is 11.5 Å². The van der Waals surface area contributed by atoms with E-state index in [1.165, 1.54) is 11.4 Å². The van der Waals surface area contributed by atoms with E-state index in [1.54, 1.807) is 72.8 Å². The minimum atomic E-state index is -3.76. The summed E-state index contributed by atoms with van der Waals surface area (Å²) < 4.78 is 39.6. The van der Waals surface area contributed by atoms with Crippen LogP contribution in [0, 0.1) is 0 Å². The van der Waals surface area contributed by atoms with E-state index >= 15 is 0 Å². The topological polar surface area (TPSA) is 111 Å². The highest BCUT2D eigenvalue weighted by molar-refractivity contribution is 7.92. The lowest BCUT2D eigenvalue weighted by molar-refractivity contribution is 0.102. The van der Waals surface area contributed by atoms with Crippen molar-refractivity contribution in [3.63, 3.8) is 0 Å². The van der Waals surface area contributed by atoms with Crippen LogP contribution in [-0.4, -0.2) is 28.0 Å². The van der Waals surface area contributed by atoms with Crippen molar-refractivity contribution in [1.29, 1.82) is 0 Å². The lowest BCUT2D eigenvalue weighted by atomic mass is 10.1. The van der Waals surface area contributed by atoms with Crippen LogP contribution >= 0.6 is 0 Å². The Morgan fingerprint density at radius 1 is 0.921 bits per heavy atom. The number of anilines is 3. The van der Waals surface area contributed by atoms with Gasteiger partial charge in [0.25, 0.3) is 15.9 Å². The molecule has 4 aromatic rings. The van der Waals surface area contributed by atoms with Crippen molar-refractivity contribution in [1.82, 2.24) is 0 Å². The quantitative estimate of drug-likeness (QED) is 0.316. The van der Waals surface area contributed by atoms with Crippen molar-refractivity contribution >= 4 is 33.0 Å². The van der Waals surface area contributed by atoms with Gasteiger partial charge in [-0.1, -0.05) is 30.3 Å². The van der Waals surface area contributed by atoms with Crippen LogP contribution in [-0.2, 0) is 23.1 Å². The highest BCUT2D eigenvalue weighted by Gasteiger charge is 2.32. The molecule has 0 aliphatic carbocycles. The first-order valence-electron chi connectivity index (χ1n) is 12.0. The number of methoxy groups -OCH3 is 1. The molecule has 0 unspecified atom stereocenters. The summed E-state index contributed by atoms with van der Waals surface area (Å²) in [5, 5.41) is 2.80. The van der Waals surface area contributed by atoms with Crippen molar-refractivity contribution in [2.75, 3.05) is 29.0 Å². The summed E-state index contributed by atoms with van der Waals surface area (Å²) in [4.78, 5) is 12.8. The molecule has 1 aliphatic heterocycles. The first-order chi connectivity index (χ1) is 18.4. The molecule has 0 atom stereocenters. The lowest BCUT2D eigenvalue weighted by Gasteiger charge is -2.22. The zero-order chi connectivity index (χ0) is 26.7. The summed E-state index contributed by atoms with van der Waals surface area (Å²) in [5.74, 6) is 0.864. The molecule has 1 heterocycles. The minimum absolute atomic E-state index is 0.171. The van der Waals surface area contributed by atoms with Crippen molar-refractivity contribution in [3.05, 3.63) is 108 Å². The number of amides is 1. The largest absolute Gasteiger partial charge is 0.497 e. The second kappa shape index (κ2) is 10.5. The summed E-state index contributed by atoms with van der Waals surface area (Å²) in [5.41, 5.74) is 9.76. The molecule has 0 bridgehead atoms. The zero-order valence-electron chi connectivity index (χ0n) is 20.8. The fourth-order valence-corrected chi connectivity index (χ4v) is 5.94. The Morgan fingerprint density at radius 3 is 2.34 bits per heavy atom. The van der Waals surface area contributed by atoms with Gasteiger partial charge < -0.3 is 20.5 Å². The zero-order valence-corrected chi connectivity index (χ0v) is 21.6. The Hall–Kier alpha value is -4.50. The van der Waals surface area contributed by atoms with E-state index in [0.717, 1.165) is 11.1 Å². The molecule has 38 heavy (non-hydrogen) atoms. The summed E-state index contributed by atoms with van der Waals surface area (Å²) in [6, 6.07) is 25.9. The smallest absolute Gasteiger partial charge is 0.264 e. The van der Waals surface area contributed by atoms with Gasteiger partial charge >= 0.3 is 0 Å². The van der Waals surface area contributed by atoms with Crippen LogP contribution < -0.4 is 24.8 Å². The van der Waals surface area contributed by atoms with Crippen molar-refractivity contribution in [3.8, 4) is 11.5 Å². The second-order valence-corrected chi connectivity index (χ2v) is 10.6. The molecule has 0 radical (unpaired) electrons. The fraction of sp³-hybridized carbons (Fsp3) is 0.138.